The number of carbonyl (C=O) groups excluding carboxylic acids is 1. The van der Waals surface area contributed by atoms with Crippen molar-refractivity contribution in [1.82, 2.24) is 19.6 Å². The summed E-state index contributed by atoms with van der Waals surface area (Å²) < 4.78 is 0. The van der Waals surface area contributed by atoms with Crippen molar-refractivity contribution in [3.63, 3.8) is 0 Å². The molecule has 6 heteroatoms. The van der Waals surface area contributed by atoms with Crippen molar-refractivity contribution in [2.45, 2.75) is 31.2 Å². The fraction of sp³-hybridized carbons (Fsp3) is 0.882. The molecular weight excluding hydrogens is 290 g/mol. The molecule has 1 amide bonds. The monoisotopic (exact) mass is 319 g/mol. The zero-order valence-corrected chi connectivity index (χ0v) is 14.3. The first kappa shape index (κ1) is 16.7. The Balaban J connectivity index is 1.50. The summed E-state index contributed by atoms with van der Waals surface area (Å²) >= 11 is 0. The first-order chi connectivity index (χ1) is 11.1. The lowest BCUT2D eigenvalue weighted by Crippen LogP contribution is -2.56. The van der Waals surface area contributed by atoms with Gasteiger partial charge in [-0.25, -0.2) is 0 Å². The molecule has 0 aromatic carbocycles. The largest absolute Gasteiger partial charge is 0.341 e. The van der Waals surface area contributed by atoms with Gasteiger partial charge in [0.15, 0.2) is 0 Å². The second-order valence-corrected chi connectivity index (χ2v) is 7.30. The maximum atomic E-state index is 12.5. The van der Waals surface area contributed by atoms with Crippen LogP contribution < -0.4 is 0 Å². The number of nitrogens with zero attached hydrogens (tertiary/aromatic N) is 5. The van der Waals surface area contributed by atoms with E-state index in [9.17, 15) is 10.1 Å². The lowest BCUT2D eigenvalue weighted by molar-refractivity contribution is -0.135. The Morgan fingerprint density at radius 1 is 1.00 bits per heavy atom. The number of rotatable bonds is 3. The van der Waals surface area contributed by atoms with E-state index in [0.717, 1.165) is 65.2 Å². The summed E-state index contributed by atoms with van der Waals surface area (Å²) in [6.07, 6.45) is 4.01. The predicted octanol–water partition coefficient (Wildman–Crippen LogP) is 0.214. The van der Waals surface area contributed by atoms with Gasteiger partial charge in [0, 0.05) is 39.3 Å². The van der Waals surface area contributed by atoms with Gasteiger partial charge >= 0.3 is 0 Å². The highest BCUT2D eigenvalue weighted by Gasteiger charge is 2.42. The van der Waals surface area contributed by atoms with E-state index in [1.165, 1.54) is 12.8 Å². The van der Waals surface area contributed by atoms with E-state index in [1.54, 1.807) is 0 Å². The van der Waals surface area contributed by atoms with Crippen LogP contribution in [0.25, 0.3) is 0 Å². The molecule has 0 unspecified atom stereocenters. The Hall–Kier alpha value is -1.16. The lowest BCUT2D eigenvalue weighted by Gasteiger charge is -2.43. The normalized spacial score (nSPS) is 27.0. The highest BCUT2D eigenvalue weighted by atomic mass is 16.2. The topological polar surface area (TPSA) is 53.8 Å². The van der Waals surface area contributed by atoms with Crippen LogP contribution in [0.15, 0.2) is 0 Å². The van der Waals surface area contributed by atoms with E-state index in [0.29, 0.717) is 6.54 Å². The molecule has 0 radical (unpaired) electrons. The van der Waals surface area contributed by atoms with Crippen LogP contribution in [0.2, 0.25) is 0 Å². The van der Waals surface area contributed by atoms with Crippen molar-refractivity contribution in [1.29, 1.82) is 5.26 Å². The second kappa shape index (κ2) is 7.16. The standard InChI is InChI=1S/C17H29N5O/c1-19-10-12-20(13-11-19)14-16(23)21-8-4-17(15-18,5-9-21)22-6-2-3-7-22/h2-14H2,1H3. The summed E-state index contributed by atoms with van der Waals surface area (Å²) in [5.74, 6) is 0.238. The average Bonchev–Trinajstić information content (AvgIpc) is 3.12. The zero-order valence-electron chi connectivity index (χ0n) is 14.3. The summed E-state index contributed by atoms with van der Waals surface area (Å²) in [5, 5.41) is 9.70. The van der Waals surface area contributed by atoms with E-state index in [-0.39, 0.29) is 11.4 Å². The SMILES string of the molecule is CN1CCN(CC(=O)N2CCC(C#N)(N3CCCC3)CC2)CC1. The van der Waals surface area contributed by atoms with Crippen LogP contribution >= 0.6 is 0 Å². The summed E-state index contributed by atoms with van der Waals surface area (Å²) in [7, 11) is 2.13. The number of piperidine rings is 1. The van der Waals surface area contributed by atoms with E-state index in [4.69, 9.17) is 0 Å². The van der Waals surface area contributed by atoms with Crippen LogP contribution in [0.3, 0.4) is 0 Å². The molecule has 6 nitrogen and oxygen atoms in total. The van der Waals surface area contributed by atoms with Gasteiger partial charge in [-0.15, -0.1) is 0 Å². The molecule has 3 rings (SSSR count). The van der Waals surface area contributed by atoms with Gasteiger partial charge < -0.3 is 9.80 Å². The van der Waals surface area contributed by atoms with Crippen LogP contribution in [0, 0.1) is 11.3 Å². The van der Waals surface area contributed by atoms with Crippen LogP contribution in [-0.2, 0) is 4.79 Å². The fourth-order valence-corrected chi connectivity index (χ4v) is 4.07. The number of amides is 1. The Kier molecular flexibility index (Phi) is 5.20. The van der Waals surface area contributed by atoms with E-state index in [2.05, 4.69) is 27.8 Å². The Bertz CT molecular complexity index is 452. The number of hydrogen-bond acceptors (Lipinski definition) is 5. The van der Waals surface area contributed by atoms with Gasteiger partial charge in [0.05, 0.1) is 12.6 Å². The maximum Gasteiger partial charge on any atom is 0.236 e. The summed E-state index contributed by atoms with van der Waals surface area (Å²) in [4.78, 5) is 21.4. The molecule has 3 fully saturated rings. The molecule has 0 bridgehead atoms. The van der Waals surface area contributed by atoms with Crippen molar-refractivity contribution in [2.75, 3.05) is 66.0 Å². The third kappa shape index (κ3) is 3.68. The Labute approximate surface area is 139 Å². The van der Waals surface area contributed by atoms with E-state index >= 15 is 0 Å². The van der Waals surface area contributed by atoms with Gasteiger partial charge in [-0.3, -0.25) is 14.6 Å². The molecule has 0 aromatic rings. The van der Waals surface area contributed by atoms with Gasteiger partial charge in [0.25, 0.3) is 0 Å². The molecule has 128 valence electrons. The summed E-state index contributed by atoms with van der Waals surface area (Å²) in [6.45, 7) is 8.13. The van der Waals surface area contributed by atoms with Crippen LogP contribution in [0.1, 0.15) is 25.7 Å². The van der Waals surface area contributed by atoms with Crippen molar-refractivity contribution in [3.05, 3.63) is 0 Å². The first-order valence-corrected chi connectivity index (χ1v) is 8.98. The summed E-state index contributed by atoms with van der Waals surface area (Å²) in [6, 6.07) is 2.58. The molecule has 0 N–H and O–H groups in total. The van der Waals surface area contributed by atoms with Gasteiger partial charge in [-0.1, -0.05) is 0 Å². The highest BCUT2D eigenvalue weighted by Crippen LogP contribution is 2.31. The third-order valence-electron chi connectivity index (χ3n) is 5.82. The second-order valence-electron chi connectivity index (χ2n) is 7.30. The molecule has 0 atom stereocenters. The van der Waals surface area contributed by atoms with Crippen molar-refractivity contribution in [2.24, 2.45) is 0 Å². The molecule has 3 saturated heterocycles. The molecule has 0 spiro atoms. The van der Waals surface area contributed by atoms with Crippen molar-refractivity contribution < 1.29 is 4.79 Å². The summed E-state index contributed by atoms with van der Waals surface area (Å²) in [5.41, 5.74) is -0.318. The minimum atomic E-state index is -0.318. The van der Waals surface area contributed by atoms with Gasteiger partial charge in [0.2, 0.25) is 5.91 Å². The smallest absolute Gasteiger partial charge is 0.236 e. The van der Waals surface area contributed by atoms with E-state index < -0.39 is 0 Å². The fourth-order valence-electron chi connectivity index (χ4n) is 4.07. The van der Waals surface area contributed by atoms with Gasteiger partial charge in [-0.2, -0.15) is 5.26 Å². The number of hydrogen-bond donors (Lipinski definition) is 0. The third-order valence-corrected chi connectivity index (χ3v) is 5.82. The molecule has 0 aromatic heterocycles. The lowest BCUT2D eigenvalue weighted by atomic mass is 9.87. The molecule has 3 aliphatic rings. The number of carbonyl (C=O) groups is 1. The predicted molar refractivity (Wildman–Crippen MR) is 88.9 cm³/mol. The molecule has 3 heterocycles. The number of nitriles is 1. The average molecular weight is 319 g/mol. The maximum absolute atomic E-state index is 12.5. The molecule has 3 aliphatic heterocycles. The number of likely N-dealkylation sites (tertiary alicyclic amines) is 2. The highest BCUT2D eigenvalue weighted by molar-refractivity contribution is 5.78. The van der Waals surface area contributed by atoms with Crippen molar-refractivity contribution in [3.8, 4) is 6.07 Å². The van der Waals surface area contributed by atoms with Crippen LogP contribution in [0.5, 0.6) is 0 Å². The van der Waals surface area contributed by atoms with Crippen LogP contribution in [-0.4, -0.2) is 97.0 Å². The van der Waals surface area contributed by atoms with Crippen molar-refractivity contribution >= 4 is 5.91 Å². The van der Waals surface area contributed by atoms with Gasteiger partial charge in [-0.05, 0) is 45.8 Å². The minimum absolute atomic E-state index is 0.238. The quantitative estimate of drug-likeness (QED) is 0.745. The van der Waals surface area contributed by atoms with E-state index in [1.807, 2.05) is 4.90 Å². The number of piperazine rings is 1. The molecule has 23 heavy (non-hydrogen) atoms. The molecule has 0 aliphatic carbocycles. The number of likely N-dealkylation sites (N-methyl/N-ethyl adjacent to an activating group) is 1. The molecular formula is C17H29N5O. The Morgan fingerprint density at radius 3 is 2.17 bits per heavy atom. The zero-order chi connectivity index (χ0) is 16.3. The minimum Gasteiger partial charge on any atom is -0.341 e. The first-order valence-electron chi connectivity index (χ1n) is 8.98. The Morgan fingerprint density at radius 2 is 1.61 bits per heavy atom. The molecule has 0 saturated carbocycles. The van der Waals surface area contributed by atoms with Gasteiger partial charge in [0.1, 0.15) is 5.54 Å². The van der Waals surface area contributed by atoms with Crippen LogP contribution in [0.4, 0.5) is 0 Å².